The maximum Gasteiger partial charge on any atom is 0.158 e. The minimum Gasteiger partial charge on any atom is -0.378 e. The lowest BCUT2D eigenvalue weighted by Gasteiger charge is -2.06. The van der Waals surface area contributed by atoms with E-state index in [9.17, 15) is 4.79 Å². The molecule has 4 nitrogen and oxygen atoms in total. The van der Waals surface area contributed by atoms with Gasteiger partial charge >= 0.3 is 0 Å². The number of ketones is 1. The number of carbonyl (C=O) groups is 1. The van der Waals surface area contributed by atoms with E-state index in [0.29, 0.717) is 32.8 Å². The molecule has 0 aliphatic carbocycles. The van der Waals surface area contributed by atoms with E-state index in [1.54, 1.807) is 0 Å². The van der Waals surface area contributed by atoms with Crippen molar-refractivity contribution >= 4 is 5.78 Å². The van der Waals surface area contributed by atoms with Crippen LogP contribution in [0.4, 0.5) is 0 Å². The second kappa shape index (κ2) is 10.5. The van der Waals surface area contributed by atoms with Crippen LogP contribution in [0.15, 0.2) is 18.2 Å². The van der Waals surface area contributed by atoms with Crippen LogP contribution in [0.2, 0.25) is 0 Å². The van der Waals surface area contributed by atoms with Gasteiger partial charge in [0.05, 0.1) is 19.8 Å². The van der Waals surface area contributed by atoms with E-state index in [-0.39, 0.29) is 12.4 Å². The highest BCUT2D eigenvalue weighted by atomic mass is 16.5. The summed E-state index contributed by atoms with van der Waals surface area (Å²) in [5.74, 6) is 0.151. The number of hydrogen-bond acceptors (Lipinski definition) is 4. The van der Waals surface area contributed by atoms with Gasteiger partial charge in [0, 0.05) is 13.0 Å². The molecule has 1 rings (SSSR count). The standard InChI is InChI=1S/C17H27NO3/c1-14-6-7-16(12-15(14)2)4-3-5-17(19)13-21-11-10-20-9-8-18/h6-7,12H,3-5,8-11,13,18H2,1-2H3. The van der Waals surface area contributed by atoms with E-state index < -0.39 is 0 Å². The van der Waals surface area contributed by atoms with Crippen LogP contribution < -0.4 is 5.73 Å². The Morgan fingerprint density at radius 3 is 2.57 bits per heavy atom. The number of aryl methyl sites for hydroxylation is 3. The first-order valence-corrected chi connectivity index (χ1v) is 7.57. The average Bonchev–Trinajstić information content (AvgIpc) is 2.46. The van der Waals surface area contributed by atoms with Crippen molar-refractivity contribution in [3.8, 4) is 0 Å². The van der Waals surface area contributed by atoms with E-state index in [1.165, 1.54) is 16.7 Å². The molecule has 0 heterocycles. The summed E-state index contributed by atoms with van der Waals surface area (Å²) >= 11 is 0. The Morgan fingerprint density at radius 1 is 1.10 bits per heavy atom. The van der Waals surface area contributed by atoms with Crippen LogP contribution in [0.25, 0.3) is 0 Å². The predicted octanol–water partition coefficient (Wildman–Crippen LogP) is 2.19. The molecule has 0 radical (unpaired) electrons. The van der Waals surface area contributed by atoms with Crippen LogP contribution in [-0.2, 0) is 20.7 Å². The number of benzene rings is 1. The van der Waals surface area contributed by atoms with Crippen molar-refractivity contribution in [3.05, 3.63) is 34.9 Å². The molecule has 4 heteroatoms. The number of nitrogens with two attached hydrogens (primary N) is 1. The van der Waals surface area contributed by atoms with Gasteiger partial charge in [-0.05, 0) is 43.4 Å². The zero-order valence-corrected chi connectivity index (χ0v) is 13.2. The minimum atomic E-state index is 0.151. The van der Waals surface area contributed by atoms with E-state index >= 15 is 0 Å². The molecule has 1 aromatic carbocycles. The molecule has 0 saturated heterocycles. The van der Waals surface area contributed by atoms with Gasteiger partial charge < -0.3 is 15.2 Å². The summed E-state index contributed by atoms with van der Waals surface area (Å²) in [7, 11) is 0. The monoisotopic (exact) mass is 293 g/mol. The van der Waals surface area contributed by atoms with Crippen LogP contribution in [0.3, 0.4) is 0 Å². The number of rotatable bonds is 11. The Balaban J connectivity index is 2.09. The highest BCUT2D eigenvalue weighted by molar-refractivity contribution is 5.79. The highest BCUT2D eigenvalue weighted by Crippen LogP contribution is 2.12. The van der Waals surface area contributed by atoms with Gasteiger partial charge in [0.15, 0.2) is 5.78 Å². The zero-order valence-electron chi connectivity index (χ0n) is 13.2. The molecule has 0 aromatic heterocycles. The quantitative estimate of drug-likeness (QED) is 0.635. The topological polar surface area (TPSA) is 61.5 Å². The lowest BCUT2D eigenvalue weighted by Crippen LogP contribution is -2.15. The van der Waals surface area contributed by atoms with Gasteiger partial charge in [-0.25, -0.2) is 0 Å². The molecule has 0 fully saturated rings. The van der Waals surface area contributed by atoms with Crippen LogP contribution in [0.5, 0.6) is 0 Å². The molecule has 0 unspecified atom stereocenters. The van der Waals surface area contributed by atoms with Crippen molar-refractivity contribution in [1.29, 1.82) is 0 Å². The van der Waals surface area contributed by atoms with Gasteiger partial charge in [-0.2, -0.15) is 0 Å². The Kier molecular flexibility index (Phi) is 8.90. The number of ether oxygens (including phenoxy) is 2. The molecule has 0 aliphatic heterocycles. The summed E-state index contributed by atoms with van der Waals surface area (Å²) in [6.45, 7) is 6.39. The van der Waals surface area contributed by atoms with Crippen molar-refractivity contribution < 1.29 is 14.3 Å². The fourth-order valence-electron chi connectivity index (χ4n) is 2.01. The van der Waals surface area contributed by atoms with Crippen molar-refractivity contribution in [3.63, 3.8) is 0 Å². The Bertz CT molecular complexity index is 432. The van der Waals surface area contributed by atoms with Gasteiger partial charge in [-0.1, -0.05) is 18.2 Å². The minimum absolute atomic E-state index is 0.151. The van der Waals surface area contributed by atoms with Crippen molar-refractivity contribution in [2.45, 2.75) is 33.1 Å². The summed E-state index contributed by atoms with van der Waals surface area (Å²) in [6.07, 6.45) is 2.37. The van der Waals surface area contributed by atoms with Crippen molar-refractivity contribution in [2.24, 2.45) is 5.73 Å². The normalized spacial score (nSPS) is 10.8. The first-order valence-electron chi connectivity index (χ1n) is 7.57. The van der Waals surface area contributed by atoms with E-state index in [4.69, 9.17) is 15.2 Å². The third-order valence-electron chi connectivity index (χ3n) is 3.39. The molecule has 0 spiro atoms. The lowest BCUT2D eigenvalue weighted by molar-refractivity contribution is -0.124. The maximum absolute atomic E-state index is 11.7. The molecule has 21 heavy (non-hydrogen) atoms. The first kappa shape index (κ1) is 17.8. The molecule has 0 amide bonds. The second-order valence-electron chi connectivity index (χ2n) is 5.26. The van der Waals surface area contributed by atoms with Crippen LogP contribution >= 0.6 is 0 Å². The molecular weight excluding hydrogens is 266 g/mol. The SMILES string of the molecule is Cc1ccc(CCCC(=O)COCCOCCN)cc1C. The van der Waals surface area contributed by atoms with E-state index in [1.807, 2.05) is 0 Å². The highest BCUT2D eigenvalue weighted by Gasteiger charge is 2.03. The van der Waals surface area contributed by atoms with E-state index in [0.717, 1.165) is 12.8 Å². The Morgan fingerprint density at radius 2 is 1.86 bits per heavy atom. The molecule has 0 saturated carbocycles. The van der Waals surface area contributed by atoms with Crippen LogP contribution in [-0.4, -0.2) is 38.8 Å². The molecule has 0 aliphatic rings. The van der Waals surface area contributed by atoms with Crippen LogP contribution in [0.1, 0.15) is 29.5 Å². The zero-order chi connectivity index (χ0) is 15.5. The molecule has 0 bridgehead atoms. The number of hydrogen-bond donors (Lipinski definition) is 1. The largest absolute Gasteiger partial charge is 0.378 e. The molecule has 118 valence electrons. The smallest absolute Gasteiger partial charge is 0.158 e. The molecule has 2 N–H and O–H groups in total. The van der Waals surface area contributed by atoms with Crippen molar-refractivity contribution in [2.75, 3.05) is 33.0 Å². The average molecular weight is 293 g/mol. The third kappa shape index (κ3) is 7.95. The fraction of sp³-hybridized carbons (Fsp3) is 0.588. The summed E-state index contributed by atoms with van der Waals surface area (Å²) in [4.78, 5) is 11.7. The number of Topliss-reactive ketones (excluding diaryl/α,β-unsaturated/α-hetero) is 1. The molecule has 0 atom stereocenters. The fourth-order valence-corrected chi connectivity index (χ4v) is 2.01. The summed E-state index contributed by atoms with van der Waals surface area (Å²) in [6, 6.07) is 6.47. The molecule has 1 aromatic rings. The van der Waals surface area contributed by atoms with Gasteiger partial charge in [-0.3, -0.25) is 4.79 Å². The van der Waals surface area contributed by atoms with E-state index in [2.05, 4.69) is 32.0 Å². The third-order valence-corrected chi connectivity index (χ3v) is 3.39. The maximum atomic E-state index is 11.7. The van der Waals surface area contributed by atoms with Crippen molar-refractivity contribution in [1.82, 2.24) is 0 Å². The van der Waals surface area contributed by atoms with Gasteiger partial charge in [0.1, 0.15) is 6.61 Å². The summed E-state index contributed by atoms with van der Waals surface area (Å²) < 4.78 is 10.4. The summed E-state index contributed by atoms with van der Waals surface area (Å²) in [5.41, 5.74) is 9.20. The first-order chi connectivity index (χ1) is 10.1. The lowest BCUT2D eigenvalue weighted by atomic mass is 10.0. The van der Waals surface area contributed by atoms with Gasteiger partial charge in [-0.15, -0.1) is 0 Å². The summed E-state index contributed by atoms with van der Waals surface area (Å²) in [5, 5.41) is 0. The van der Waals surface area contributed by atoms with Gasteiger partial charge in [0.2, 0.25) is 0 Å². The Labute approximate surface area is 127 Å². The Hall–Kier alpha value is -1.23. The molecular formula is C17H27NO3. The number of carbonyl (C=O) groups excluding carboxylic acids is 1. The van der Waals surface area contributed by atoms with Gasteiger partial charge in [0.25, 0.3) is 0 Å². The second-order valence-corrected chi connectivity index (χ2v) is 5.26. The predicted molar refractivity (Wildman–Crippen MR) is 84.6 cm³/mol. The van der Waals surface area contributed by atoms with Crippen LogP contribution in [0, 0.1) is 13.8 Å².